The van der Waals surface area contributed by atoms with E-state index in [1.807, 2.05) is 30.3 Å². The average molecular weight is 384 g/mol. The molecule has 104 valence electrons. The van der Waals surface area contributed by atoms with E-state index in [1.54, 1.807) is 19.2 Å². The van der Waals surface area contributed by atoms with E-state index < -0.39 is 5.97 Å². The minimum absolute atomic E-state index is 0.159. The highest BCUT2D eigenvalue weighted by Gasteiger charge is 2.12. The van der Waals surface area contributed by atoms with Gasteiger partial charge in [0.1, 0.15) is 23.7 Å². The highest BCUT2D eigenvalue weighted by atomic mass is 127. The smallest absolute Gasteiger partial charge is 0.339 e. The van der Waals surface area contributed by atoms with Gasteiger partial charge in [0.2, 0.25) is 0 Å². The number of hydrogen-bond donors (Lipinski definition) is 1. The van der Waals surface area contributed by atoms with Gasteiger partial charge in [-0.05, 0) is 46.9 Å². The van der Waals surface area contributed by atoms with E-state index in [2.05, 4.69) is 22.6 Å². The van der Waals surface area contributed by atoms with Crippen molar-refractivity contribution in [2.45, 2.75) is 6.61 Å². The van der Waals surface area contributed by atoms with E-state index in [9.17, 15) is 9.90 Å². The number of para-hydroxylation sites is 1. The predicted octanol–water partition coefficient (Wildman–Crippen LogP) is 3.58. The molecule has 2 rings (SSSR count). The van der Waals surface area contributed by atoms with Crippen molar-refractivity contribution < 1.29 is 19.4 Å². The lowest BCUT2D eigenvalue weighted by atomic mass is 10.2. The summed E-state index contributed by atoms with van der Waals surface area (Å²) in [6.45, 7) is 0.255. The summed E-state index contributed by atoms with van der Waals surface area (Å²) in [4.78, 5) is 11.2. The molecule has 20 heavy (non-hydrogen) atoms. The number of aromatic carboxylic acids is 1. The maximum Gasteiger partial charge on any atom is 0.339 e. The summed E-state index contributed by atoms with van der Waals surface area (Å²) in [6, 6.07) is 12.5. The highest BCUT2D eigenvalue weighted by molar-refractivity contribution is 14.1. The normalized spacial score (nSPS) is 10.1. The Morgan fingerprint density at radius 3 is 2.65 bits per heavy atom. The van der Waals surface area contributed by atoms with Crippen LogP contribution < -0.4 is 9.47 Å². The monoisotopic (exact) mass is 384 g/mol. The second-order valence-corrected chi connectivity index (χ2v) is 5.29. The molecule has 0 spiro atoms. The summed E-state index contributed by atoms with van der Waals surface area (Å²) in [7, 11) is 1.59. The number of carboxylic acids is 1. The maximum absolute atomic E-state index is 11.2. The average Bonchev–Trinajstić information content (AvgIpc) is 2.46. The first-order chi connectivity index (χ1) is 9.61. The Bertz CT molecular complexity index is 625. The molecular weight excluding hydrogens is 371 g/mol. The lowest BCUT2D eigenvalue weighted by Gasteiger charge is -2.12. The number of carbonyl (C=O) groups is 1. The Morgan fingerprint density at radius 1 is 1.20 bits per heavy atom. The molecule has 0 saturated heterocycles. The SMILES string of the molecule is COc1ccccc1COc1ccc(I)cc1C(=O)O. The Balaban J connectivity index is 2.21. The van der Waals surface area contributed by atoms with Gasteiger partial charge in [0.05, 0.1) is 7.11 Å². The molecule has 0 atom stereocenters. The van der Waals surface area contributed by atoms with Gasteiger partial charge in [0, 0.05) is 9.13 Å². The van der Waals surface area contributed by atoms with Gasteiger partial charge in [-0.2, -0.15) is 0 Å². The number of benzene rings is 2. The number of ether oxygens (including phenoxy) is 2. The second kappa shape index (κ2) is 6.60. The van der Waals surface area contributed by atoms with Crippen LogP contribution in [0, 0.1) is 3.57 Å². The zero-order valence-electron chi connectivity index (χ0n) is 10.8. The van der Waals surface area contributed by atoms with Crippen molar-refractivity contribution in [1.29, 1.82) is 0 Å². The molecule has 2 aromatic rings. The molecule has 0 saturated carbocycles. The molecule has 0 bridgehead atoms. The first-order valence-corrected chi connectivity index (χ1v) is 6.97. The van der Waals surface area contributed by atoms with Crippen molar-refractivity contribution in [2.75, 3.05) is 7.11 Å². The molecule has 5 heteroatoms. The van der Waals surface area contributed by atoms with Crippen LogP contribution in [0.15, 0.2) is 42.5 Å². The standard InChI is InChI=1S/C15H13IO4/c1-19-13-5-3-2-4-10(13)9-20-14-7-6-11(16)8-12(14)15(17)18/h2-8H,9H2,1H3,(H,17,18). The Labute approximate surface area is 130 Å². The molecule has 0 aliphatic rings. The fourth-order valence-electron chi connectivity index (χ4n) is 1.77. The van der Waals surface area contributed by atoms with Crippen LogP contribution in [0.25, 0.3) is 0 Å². The Kier molecular flexibility index (Phi) is 4.84. The molecule has 0 heterocycles. The largest absolute Gasteiger partial charge is 0.496 e. The zero-order chi connectivity index (χ0) is 14.5. The molecule has 1 N–H and O–H groups in total. The van der Waals surface area contributed by atoms with Gasteiger partial charge in [-0.1, -0.05) is 18.2 Å². The van der Waals surface area contributed by atoms with Crippen LogP contribution in [0.1, 0.15) is 15.9 Å². The van der Waals surface area contributed by atoms with Crippen molar-refractivity contribution in [3.05, 3.63) is 57.2 Å². The number of halogens is 1. The third-order valence-electron chi connectivity index (χ3n) is 2.75. The summed E-state index contributed by atoms with van der Waals surface area (Å²) in [6.07, 6.45) is 0. The summed E-state index contributed by atoms with van der Waals surface area (Å²) in [5, 5.41) is 9.18. The first-order valence-electron chi connectivity index (χ1n) is 5.89. The van der Waals surface area contributed by atoms with Crippen molar-refractivity contribution in [1.82, 2.24) is 0 Å². The highest BCUT2D eigenvalue weighted by Crippen LogP contribution is 2.24. The van der Waals surface area contributed by atoms with Gasteiger partial charge in [-0.3, -0.25) is 0 Å². The number of hydrogen-bond acceptors (Lipinski definition) is 3. The quantitative estimate of drug-likeness (QED) is 0.801. The van der Waals surface area contributed by atoms with E-state index in [0.29, 0.717) is 5.75 Å². The van der Waals surface area contributed by atoms with E-state index >= 15 is 0 Å². The van der Waals surface area contributed by atoms with E-state index in [1.165, 1.54) is 0 Å². The van der Waals surface area contributed by atoms with Crippen molar-refractivity contribution in [3.63, 3.8) is 0 Å². The summed E-state index contributed by atoms with van der Waals surface area (Å²) in [5.74, 6) is 0.0669. The molecule has 0 aromatic heterocycles. The Morgan fingerprint density at radius 2 is 1.95 bits per heavy atom. The molecule has 0 radical (unpaired) electrons. The van der Waals surface area contributed by atoms with Gasteiger partial charge in [-0.25, -0.2) is 4.79 Å². The molecular formula is C15H13IO4. The fraction of sp³-hybridized carbons (Fsp3) is 0.133. The second-order valence-electron chi connectivity index (χ2n) is 4.05. The van der Waals surface area contributed by atoms with Crippen LogP contribution in [-0.2, 0) is 6.61 Å². The van der Waals surface area contributed by atoms with Gasteiger partial charge in [0.25, 0.3) is 0 Å². The molecule has 0 amide bonds. The number of rotatable bonds is 5. The van der Waals surface area contributed by atoms with Crippen LogP contribution in [0.2, 0.25) is 0 Å². The first kappa shape index (κ1) is 14.6. The molecule has 0 fully saturated rings. The zero-order valence-corrected chi connectivity index (χ0v) is 13.0. The van der Waals surface area contributed by atoms with Gasteiger partial charge < -0.3 is 14.6 Å². The summed E-state index contributed by atoms with van der Waals surface area (Å²) >= 11 is 2.07. The van der Waals surface area contributed by atoms with Gasteiger partial charge in [0.15, 0.2) is 0 Å². The van der Waals surface area contributed by atoms with Crippen LogP contribution in [-0.4, -0.2) is 18.2 Å². The fourth-order valence-corrected chi connectivity index (χ4v) is 2.26. The molecule has 0 aliphatic heterocycles. The predicted molar refractivity (Wildman–Crippen MR) is 83.4 cm³/mol. The molecule has 2 aromatic carbocycles. The van der Waals surface area contributed by atoms with Crippen LogP contribution in [0.5, 0.6) is 11.5 Å². The van der Waals surface area contributed by atoms with Crippen molar-refractivity contribution in [2.24, 2.45) is 0 Å². The van der Waals surface area contributed by atoms with Gasteiger partial charge >= 0.3 is 5.97 Å². The minimum Gasteiger partial charge on any atom is -0.496 e. The Hall–Kier alpha value is -1.76. The third-order valence-corrected chi connectivity index (χ3v) is 3.42. The van der Waals surface area contributed by atoms with E-state index in [4.69, 9.17) is 9.47 Å². The van der Waals surface area contributed by atoms with Crippen LogP contribution >= 0.6 is 22.6 Å². The van der Waals surface area contributed by atoms with Crippen LogP contribution in [0.4, 0.5) is 0 Å². The van der Waals surface area contributed by atoms with Crippen molar-refractivity contribution >= 4 is 28.6 Å². The van der Waals surface area contributed by atoms with Crippen molar-refractivity contribution in [3.8, 4) is 11.5 Å². The lowest BCUT2D eigenvalue weighted by molar-refractivity contribution is 0.0691. The number of methoxy groups -OCH3 is 1. The molecule has 4 nitrogen and oxygen atoms in total. The van der Waals surface area contributed by atoms with Crippen LogP contribution in [0.3, 0.4) is 0 Å². The minimum atomic E-state index is -1.00. The molecule has 0 aliphatic carbocycles. The third kappa shape index (κ3) is 3.41. The van der Waals surface area contributed by atoms with E-state index in [-0.39, 0.29) is 12.2 Å². The maximum atomic E-state index is 11.2. The van der Waals surface area contributed by atoms with E-state index in [0.717, 1.165) is 14.9 Å². The van der Waals surface area contributed by atoms with Gasteiger partial charge in [-0.15, -0.1) is 0 Å². The molecule has 0 unspecified atom stereocenters. The summed E-state index contributed by atoms with van der Waals surface area (Å²) in [5.41, 5.74) is 1.02. The summed E-state index contributed by atoms with van der Waals surface area (Å²) < 4.78 is 11.7. The number of carboxylic acid groups (broad SMARTS) is 1. The lowest BCUT2D eigenvalue weighted by Crippen LogP contribution is -2.04. The topological polar surface area (TPSA) is 55.8 Å².